The molecule has 1 N–H and O–H groups in total. The third-order valence-electron chi connectivity index (χ3n) is 4.06. The van der Waals surface area contributed by atoms with Gasteiger partial charge in [0.2, 0.25) is 0 Å². The summed E-state index contributed by atoms with van der Waals surface area (Å²) >= 11 is 11.9. The molecule has 0 aliphatic rings. The van der Waals surface area contributed by atoms with Crippen LogP contribution in [0.5, 0.6) is 11.5 Å². The van der Waals surface area contributed by atoms with Crippen molar-refractivity contribution in [3.8, 4) is 11.5 Å². The number of rotatable bonds is 7. The van der Waals surface area contributed by atoms with Crippen molar-refractivity contribution >= 4 is 41.3 Å². The first kappa shape index (κ1) is 22.3. The molecule has 0 aliphatic heterocycles. The van der Waals surface area contributed by atoms with Crippen LogP contribution in [-0.4, -0.2) is 24.7 Å². The summed E-state index contributed by atoms with van der Waals surface area (Å²) in [4.78, 5) is 24.2. The minimum atomic E-state index is -0.567. The lowest BCUT2D eigenvalue weighted by Gasteiger charge is -2.08. The summed E-state index contributed by atoms with van der Waals surface area (Å²) < 4.78 is 10.8. The second-order valence-electron chi connectivity index (χ2n) is 6.43. The van der Waals surface area contributed by atoms with Crippen molar-refractivity contribution in [2.45, 2.75) is 6.92 Å². The van der Waals surface area contributed by atoms with Crippen molar-refractivity contribution < 1.29 is 19.1 Å². The van der Waals surface area contributed by atoms with Crippen LogP contribution >= 0.6 is 23.2 Å². The van der Waals surface area contributed by atoms with Gasteiger partial charge >= 0.3 is 5.97 Å². The van der Waals surface area contributed by atoms with Gasteiger partial charge in [-0.25, -0.2) is 10.2 Å². The molecule has 0 radical (unpaired) electrons. The van der Waals surface area contributed by atoms with E-state index in [-0.39, 0.29) is 12.2 Å². The molecule has 0 atom stereocenters. The Morgan fingerprint density at radius 3 is 2.61 bits per heavy atom. The molecule has 0 aromatic heterocycles. The molecule has 0 bridgehead atoms. The van der Waals surface area contributed by atoms with Gasteiger partial charge in [-0.05, 0) is 60.5 Å². The van der Waals surface area contributed by atoms with Crippen LogP contribution in [0.1, 0.15) is 21.5 Å². The number of hydrazone groups is 1. The first-order valence-corrected chi connectivity index (χ1v) is 9.95. The number of aryl methyl sites for hydroxylation is 1. The molecule has 0 saturated carbocycles. The average molecular weight is 457 g/mol. The number of halogens is 2. The van der Waals surface area contributed by atoms with Crippen molar-refractivity contribution in [1.29, 1.82) is 0 Å². The summed E-state index contributed by atoms with van der Waals surface area (Å²) in [7, 11) is 0. The fraction of sp³-hybridized carbons (Fsp3) is 0.0870. The van der Waals surface area contributed by atoms with Gasteiger partial charge in [0.1, 0.15) is 11.5 Å². The number of nitrogens with one attached hydrogen (secondary N) is 1. The van der Waals surface area contributed by atoms with E-state index in [4.69, 9.17) is 32.7 Å². The van der Waals surface area contributed by atoms with E-state index in [1.165, 1.54) is 6.21 Å². The number of amides is 1. The van der Waals surface area contributed by atoms with Crippen LogP contribution in [0.2, 0.25) is 10.0 Å². The molecule has 3 aromatic rings. The summed E-state index contributed by atoms with van der Waals surface area (Å²) in [5.41, 5.74) is 4.10. The van der Waals surface area contributed by atoms with Crippen LogP contribution in [0, 0.1) is 6.92 Å². The number of benzene rings is 3. The zero-order valence-electron chi connectivity index (χ0n) is 16.5. The lowest BCUT2D eigenvalue weighted by atomic mass is 10.2. The van der Waals surface area contributed by atoms with Crippen LogP contribution in [-0.2, 0) is 4.79 Å². The molecule has 3 rings (SSSR count). The Morgan fingerprint density at radius 2 is 1.84 bits per heavy atom. The van der Waals surface area contributed by atoms with Gasteiger partial charge in [0.25, 0.3) is 5.91 Å². The predicted octanol–water partition coefficient (Wildman–Crippen LogP) is 5.05. The van der Waals surface area contributed by atoms with Crippen LogP contribution in [0.3, 0.4) is 0 Å². The van der Waals surface area contributed by atoms with Gasteiger partial charge in [0.15, 0.2) is 6.61 Å². The predicted molar refractivity (Wildman–Crippen MR) is 120 cm³/mol. The van der Waals surface area contributed by atoms with Gasteiger partial charge in [0, 0.05) is 5.02 Å². The molecule has 0 unspecified atom stereocenters. The Kier molecular flexibility index (Phi) is 7.65. The van der Waals surface area contributed by atoms with Crippen molar-refractivity contribution in [2.75, 3.05) is 6.61 Å². The van der Waals surface area contributed by atoms with Gasteiger partial charge < -0.3 is 9.47 Å². The summed E-state index contributed by atoms with van der Waals surface area (Å²) in [6.45, 7) is 1.64. The Hall–Kier alpha value is -3.35. The lowest BCUT2D eigenvalue weighted by molar-refractivity contribution is -0.123. The molecular weight excluding hydrogens is 439 g/mol. The number of esters is 1. The zero-order valence-corrected chi connectivity index (χ0v) is 18.0. The second-order valence-corrected chi connectivity index (χ2v) is 7.28. The number of ether oxygens (including phenoxy) is 2. The maximum atomic E-state index is 12.3. The molecule has 158 valence electrons. The molecule has 0 saturated heterocycles. The highest BCUT2D eigenvalue weighted by Crippen LogP contribution is 2.22. The smallest absolute Gasteiger partial charge is 0.345 e. The van der Waals surface area contributed by atoms with E-state index in [0.29, 0.717) is 27.1 Å². The number of hydrogen-bond donors (Lipinski definition) is 1. The van der Waals surface area contributed by atoms with Crippen LogP contribution < -0.4 is 14.9 Å². The topological polar surface area (TPSA) is 77.0 Å². The third kappa shape index (κ3) is 6.57. The van der Waals surface area contributed by atoms with Gasteiger partial charge in [-0.3, -0.25) is 4.79 Å². The van der Waals surface area contributed by atoms with Gasteiger partial charge in [0.05, 0.1) is 16.8 Å². The number of carbonyl (C=O) groups excluding carboxylic acids is 2. The minimum Gasteiger partial charge on any atom is -0.483 e. The van der Waals surface area contributed by atoms with Crippen LogP contribution in [0.4, 0.5) is 0 Å². The normalized spacial score (nSPS) is 10.7. The fourth-order valence-electron chi connectivity index (χ4n) is 2.58. The number of hydrogen-bond acceptors (Lipinski definition) is 5. The molecule has 31 heavy (non-hydrogen) atoms. The Balaban J connectivity index is 1.53. The fourth-order valence-corrected chi connectivity index (χ4v) is 3.02. The molecular formula is C23H18Cl2N2O4. The highest BCUT2D eigenvalue weighted by molar-refractivity contribution is 6.33. The van der Waals surface area contributed by atoms with E-state index in [1.54, 1.807) is 66.7 Å². The SMILES string of the molecule is Cc1cc(Cl)ccc1OCC(=O)NN=Cc1cccc(OC(=O)c2ccccc2Cl)c1. The summed E-state index contributed by atoms with van der Waals surface area (Å²) in [6.07, 6.45) is 1.43. The van der Waals surface area contributed by atoms with Crippen molar-refractivity contribution in [3.63, 3.8) is 0 Å². The largest absolute Gasteiger partial charge is 0.483 e. The zero-order chi connectivity index (χ0) is 22.2. The molecule has 8 heteroatoms. The van der Waals surface area contributed by atoms with Crippen molar-refractivity contribution in [3.05, 3.63) is 93.5 Å². The maximum Gasteiger partial charge on any atom is 0.345 e. The van der Waals surface area contributed by atoms with E-state index in [2.05, 4.69) is 10.5 Å². The first-order chi connectivity index (χ1) is 14.9. The average Bonchev–Trinajstić information content (AvgIpc) is 2.73. The third-order valence-corrected chi connectivity index (χ3v) is 4.63. The van der Waals surface area contributed by atoms with E-state index in [9.17, 15) is 9.59 Å². The molecule has 0 heterocycles. The summed E-state index contributed by atoms with van der Waals surface area (Å²) in [6, 6.07) is 18.4. The molecule has 0 aliphatic carbocycles. The second kappa shape index (κ2) is 10.6. The van der Waals surface area contributed by atoms with E-state index in [1.807, 2.05) is 6.92 Å². The van der Waals surface area contributed by atoms with Crippen LogP contribution in [0.25, 0.3) is 0 Å². The number of carbonyl (C=O) groups is 2. The quantitative estimate of drug-likeness (QED) is 0.233. The molecule has 6 nitrogen and oxygen atoms in total. The highest BCUT2D eigenvalue weighted by atomic mass is 35.5. The molecule has 1 amide bonds. The maximum absolute atomic E-state index is 12.3. The van der Waals surface area contributed by atoms with E-state index in [0.717, 1.165) is 5.56 Å². The first-order valence-electron chi connectivity index (χ1n) is 9.20. The number of nitrogens with zero attached hydrogens (tertiary/aromatic N) is 1. The van der Waals surface area contributed by atoms with Gasteiger partial charge in [-0.15, -0.1) is 0 Å². The van der Waals surface area contributed by atoms with Crippen molar-refractivity contribution in [1.82, 2.24) is 5.43 Å². The molecule has 0 fully saturated rings. The summed E-state index contributed by atoms with van der Waals surface area (Å²) in [5, 5.41) is 4.80. The van der Waals surface area contributed by atoms with Gasteiger partial charge in [-0.2, -0.15) is 5.10 Å². The Labute approximate surface area is 189 Å². The summed E-state index contributed by atoms with van der Waals surface area (Å²) in [5.74, 6) is -0.104. The Morgan fingerprint density at radius 1 is 1.03 bits per heavy atom. The van der Waals surface area contributed by atoms with Crippen LogP contribution in [0.15, 0.2) is 71.8 Å². The molecule has 0 spiro atoms. The van der Waals surface area contributed by atoms with E-state index < -0.39 is 11.9 Å². The van der Waals surface area contributed by atoms with E-state index >= 15 is 0 Å². The highest BCUT2D eigenvalue weighted by Gasteiger charge is 2.12. The van der Waals surface area contributed by atoms with Gasteiger partial charge in [-0.1, -0.05) is 47.5 Å². The monoisotopic (exact) mass is 456 g/mol. The standard InChI is InChI=1S/C23H18Cl2N2O4/c1-15-11-17(24)9-10-21(15)30-14-22(28)27-26-13-16-5-4-6-18(12-16)31-23(29)19-7-2-3-8-20(19)25/h2-13H,14H2,1H3,(H,27,28). The minimum absolute atomic E-state index is 0.199. The molecule has 3 aromatic carbocycles. The Bertz CT molecular complexity index is 1130. The van der Waals surface area contributed by atoms with Crippen molar-refractivity contribution in [2.24, 2.45) is 5.10 Å². The lowest BCUT2D eigenvalue weighted by Crippen LogP contribution is -2.24.